The van der Waals surface area contributed by atoms with Crippen LogP contribution in [0.25, 0.3) is 0 Å². The Balaban J connectivity index is 1.79. The van der Waals surface area contributed by atoms with Gasteiger partial charge in [0.25, 0.3) is 0 Å². The average Bonchev–Trinajstić information content (AvgIpc) is 3.05. The molecule has 0 spiro atoms. The second-order valence-corrected chi connectivity index (χ2v) is 5.11. The van der Waals surface area contributed by atoms with Crippen molar-refractivity contribution in [3.05, 3.63) is 0 Å². The van der Waals surface area contributed by atoms with Crippen molar-refractivity contribution in [2.45, 2.75) is 25.9 Å². The molecule has 1 atom stereocenters. The number of amides is 2. The van der Waals surface area contributed by atoms with Gasteiger partial charge < -0.3 is 20.1 Å². The average molecular weight is 242 g/mol. The minimum atomic E-state index is -1.02. The molecule has 0 aromatic rings. The standard InChI is InChI=1S/C11H18N2O4/c1-11(2-3-11)7-12-10(16)13-4-5-17-8(6-13)9(14)15/h8H,2-7H2,1H3,(H,12,16)(H,14,15). The van der Waals surface area contributed by atoms with Gasteiger partial charge in [-0.05, 0) is 18.3 Å². The first kappa shape index (κ1) is 12.2. The van der Waals surface area contributed by atoms with Crippen LogP contribution >= 0.6 is 0 Å². The fourth-order valence-electron chi connectivity index (χ4n) is 1.77. The normalized spacial score (nSPS) is 26.4. The maximum Gasteiger partial charge on any atom is 0.334 e. The number of nitrogens with one attached hydrogen (secondary N) is 1. The molecule has 2 amide bonds. The Hall–Kier alpha value is -1.30. The van der Waals surface area contributed by atoms with Crippen LogP contribution in [0.3, 0.4) is 0 Å². The summed E-state index contributed by atoms with van der Waals surface area (Å²) in [5.74, 6) is -1.02. The number of carbonyl (C=O) groups excluding carboxylic acids is 1. The van der Waals surface area contributed by atoms with Crippen molar-refractivity contribution in [2.75, 3.05) is 26.2 Å². The smallest absolute Gasteiger partial charge is 0.334 e. The lowest BCUT2D eigenvalue weighted by Crippen LogP contribution is -2.52. The van der Waals surface area contributed by atoms with E-state index in [0.717, 1.165) is 12.8 Å². The molecule has 6 heteroatoms. The van der Waals surface area contributed by atoms with Crippen LogP contribution in [0.15, 0.2) is 0 Å². The molecule has 6 nitrogen and oxygen atoms in total. The van der Waals surface area contributed by atoms with Gasteiger partial charge in [0.2, 0.25) is 0 Å². The molecule has 2 rings (SSSR count). The summed E-state index contributed by atoms with van der Waals surface area (Å²) in [7, 11) is 0. The molecular formula is C11H18N2O4. The first-order valence-corrected chi connectivity index (χ1v) is 5.87. The van der Waals surface area contributed by atoms with Crippen LogP contribution in [0.4, 0.5) is 4.79 Å². The van der Waals surface area contributed by atoms with E-state index in [1.54, 1.807) is 0 Å². The zero-order valence-electron chi connectivity index (χ0n) is 9.94. The highest BCUT2D eigenvalue weighted by Gasteiger charge is 2.38. The summed E-state index contributed by atoms with van der Waals surface area (Å²) in [5.41, 5.74) is 0.258. The number of carbonyl (C=O) groups is 2. The zero-order chi connectivity index (χ0) is 12.5. The molecule has 1 unspecified atom stereocenters. The van der Waals surface area contributed by atoms with E-state index in [-0.39, 0.29) is 24.6 Å². The highest BCUT2D eigenvalue weighted by atomic mass is 16.5. The van der Waals surface area contributed by atoms with Gasteiger partial charge >= 0.3 is 12.0 Å². The largest absolute Gasteiger partial charge is 0.479 e. The number of hydrogen-bond donors (Lipinski definition) is 2. The maximum atomic E-state index is 11.8. The highest BCUT2D eigenvalue weighted by Crippen LogP contribution is 2.44. The molecule has 2 fully saturated rings. The lowest BCUT2D eigenvalue weighted by molar-refractivity contribution is -0.154. The van der Waals surface area contributed by atoms with Gasteiger partial charge in [0.05, 0.1) is 13.2 Å². The van der Waals surface area contributed by atoms with Crippen LogP contribution in [-0.2, 0) is 9.53 Å². The van der Waals surface area contributed by atoms with E-state index in [4.69, 9.17) is 9.84 Å². The molecule has 0 aromatic carbocycles. The lowest BCUT2D eigenvalue weighted by Gasteiger charge is -2.31. The molecule has 0 radical (unpaired) electrons. The van der Waals surface area contributed by atoms with Gasteiger partial charge in [0.15, 0.2) is 6.10 Å². The summed E-state index contributed by atoms with van der Waals surface area (Å²) in [6.45, 7) is 3.65. The summed E-state index contributed by atoms with van der Waals surface area (Å²) in [4.78, 5) is 24.1. The predicted octanol–water partition coefficient (Wildman–Crippen LogP) is 0.281. The van der Waals surface area contributed by atoms with E-state index >= 15 is 0 Å². The molecule has 0 aromatic heterocycles. The number of hydrogen-bond acceptors (Lipinski definition) is 3. The number of urea groups is 1. The monoisotopic (exact) mass is 242 g/mol. The van der Waals surface area contributed by atoms with E-state index < -0.39 is 12.1 Å². The fourth-order valence-corrected chi connectivity index (χ4v) is 1.77. The first-order chi connectivity index (χ1) is 8.00. The van der Waals surface area contributed by atoms with Crippen molar-refractivity contribution in [1.82, 2.24) is 10.2 Å². The van der Waals surface area contributed by atoms with Gasteiger partial charge in [0.1, 0.15) is 0 Å². The number of nitrogens with zero attached hydrogens (tertiary/aromatic N) is 1. The molecule has 1 saturated carbocycles. The Morgan fingerprint density at radius 1 is 1.53 bits per heavy atom. The molecule has 1 saturated heterocycles. The molecule has 1 aliphatic carbocycles. The van der Waals surface area contributed by atoms with Crippen LogP contribution in [0.1, 0.15) is 19.8 Å². The van der Waals surface area contributed by atoms with Crippen molar-refractivity contribution in [3.63, 3.8) is 0 Å². The molecule has 17 heavy (non-hydrogen) atoms. The summed E-state index contributed by atoms with van der Waals surface area (Å²) in [6.07, 6.45) is 1.40. The Morgan fingerprint density at radius 3 is 2.82 bits per heavy atom. The number of morpholine rings is 1. The molecular weight excluding hydrogens is 224 g/mol. The Labute approximate surface area is 99.9 Å². The first-order valence-electron chi connectivity index (χ1n) is 5.87. The minimum absolute atomic E-state index is 0.123. The van der Waals surface area contributed by atoms with Crippen molar-refractivity contribution in [1.29, 1.82) is 0 Å². The van der Waals surface area contributed by atoms with Gasteiger partial charge in [-0.3, -0.25) is 0 Å². The van der Waals surface area contributed by atoms with Crippen molar-refractivity contribution in [3.8, 4) is 0 Å². The van der Waals surface area contributed by atoms with E-state index in [9.17, 15) is 9.59 Å². The predicted molar refractivity (Wildman–Crippen MR) is 59.7 cm³/mol. The third-order valence-corrected chi connectivity index (χ3v) is 3.40. The van der Waals surface area contributed by atoms with Crippen LogP contribution in [0, 0.1) is 5.41 Å². The van der Waals surface area contributed by atoms with Crippen LogP contribution < -0.4 is 5.32 Å². The van der Waals surface area contributed by atoms with Gasteiger partial charge in [-0.25, -0.2) is 9.59 Å². The molecule has 1 heterocycles. The van der Waals surface area contributed by atoms with Gasteiger partial charge in [-0.1, -0.05) is 6.92 Å². The highest BCUT2D eigenvalue weighted by molar-refractivity contribution is 5.77. The summed E-state index contributed by atoms with van der Waals surface area (Å²) >= 11 is 0. The molecule has 1 aliphatic heterocycles. The van der Waals surface area contributed by atoms with Crippen molar-refractivity contribution < 1.29 is 19.4 Å². The number of rotatable bonds is 3. The topological polar surface area (TPSA) is 78.9 Å². The summed E-state index contributed by atoms with van der Waals surface area (Å²) in [5, 5.41) is 11.7. The van der Waals surface area contributed by atoms with Gasteiger partial charge in [-0.2, -0.15) is 0 Å². The van der Waals surface area contributed by atoms with E-state index in [0.29, 0.717) is 13.1 Å². The third kappa shape index (κ3) is 3.09. The Bertz CT molecular complexity index is 327. The van der Waals surface area contributed by atoms with Gasteiger partial charge in [0, 0.05) is 13.1 Å². The molecule has 96 valence electrons. The maximum absolute atomic E-state index is 11.8. The zero-order valence-corrected chi connectivity index (χ0v) is 9.94. The van der Waals surface area contributed by atoms with Crippen LogP contribution in [0.2, 0.25) is 0 Å². The number of carboxylic acid groups (broad SMARTS) is 1. The van der Waals surface area contributed by atoms with Gasteiger partial charge in [-0.15, -0.1) is 0 Å². The quantitative estimate of drug-likeness (QED) is 0.745. The number of carboxylic acids is 1. The second kappa shape index (κ2) is 4.52. The Morgan fingerprint density at radius 2 is 2.24 bits per heavy atom. The fraction of sp³-hybridized carbons (Fsp3) is 0.818. The van der Waals surface area contributed by atoms with Crippen molar-refractivity contribution in [2.24, 2.45) is 5.41 Å². The minimum Gasteiger partial charge on any atom is -0.479 e. The van der Waals surface area contributed by atoms with E-state index in [1.165, 1.54) is 4.90 Å². The van der Waals surface area contributed by atoms with E-state index in [2.05, 4.69) is 12.2 Å². The molecule has 2 N–H and O–H groups in total. The summed E-state index contributed by atoms with van der Waals surface area (Å²) < 4.78 is 5.06. The molecule has 0 bridgehead atoms. The SMILES string of the molecule is CC1(CNC(=O)N2CCOC(C(=O)O)C2)CC1. The Kier molecular flexibility index (Phi) is 3.24. The summed E-state index contributed by atoms with van der Waals surface area (Å²) in [6, 6.07) is -0.187. The second-order valence-electron chi connectivity index (χ2n) is 5.11. The third-order valence-electron chi connectivity index (χ3n) is 3.40. The molecule has 2 aliphatic rings. The number of aliphatic carboxylic acids is 1. The van der Waals surface area contributed by atoms with Crippen molar-refractivity contribution >= 4 is 12.0 Å². The lowest BCUT2D eigenvalue weighted by atomic mass is 10.1. The van der Waals surface area contributed by atoms with Crippen LogP contribution in [0.5, 0.6) is 0 Å². The van der Waals surface area contributed by atoms with E-state index in [1.807, 2.05) is 0 Å². The number of ether oxygens (including phenoxy) is 1. The van der Waals surface area contributed by atoms with Crippen LogP contribution in [-0.4, -0.2) is 54.4 Å².